The van der Waals surface area contributed by atoms with E-state index in [1.165, 1.54) is 6.26 Å². The van der Waals surface area contributed by atoms with Gasteiger partial charge in [-0.3, -0.25) is 4.79 Å². The standard InChI is InChI=1S/C17H17NO4/c19-16-9-14(12-22-17(20)15-7-4-8-21-15)11-18(16)10-13-5-2-1-3-6-13/h1-8,14H,9-12H2/t14-/m0/s1. The smallest absolute Gasteiger partial charge is 0.374 e. The Kier molecular flexibility index (Phi) is 4.23. The minimum atomic E-state index is -0.487. The molecule has 2 heterocycles. The van der Waals surface area contributed by atoms with E-state index in [9.17, 15) is 9.59 Å². The number of benzene rings is 1. The van der Waals surface area contributed by atoms with Gasteiger partial charge in [-0.25, -0.2) is 4.79 Å². The van der Waals surface area contributed by atoms with Crippen molar-refractivity contribution in [3.63, 3.8) is 0 Å². The fourth-order valence-corrected chi connectivity index (χ4v) is 2.58. The van der Waals surface area contributed by atoms with Gasteiger partial charge in [0.1, 0.15) is 0 Å². The van der Waals surface area contributed by atoms with E-state index in [2.05, 4.69) is 0 Å². The average Bonchev–Trinajstić information content (AvgIpc) is 3.17. The van der Waals surface area contributed by atoms with Crippen LogP contribution in [0.4, 0.5) is 0 Å². The zero-order chi connectivity index (χ0) is 15.4. The summed E-state index contributed by atoms with van der Waals surface area (Å²) in [6, 6.07) is 13.1. The molecule has 1 aromatic carbocycles. The molecule has 1 aromatic heterocycles. The number of amides is 1. The summed E-state index contributed by atoms with van der Waals surface area (Å²) >= 11 is 0. The molecule has 3 rings (SSSR count). The van der Waals surface area contributed by atoms with Gasteiger partial charge in [-0.1, -0.05) is 30.3 Å². The summed E-state index contributed by atoms with van der Waals surface area (Å²) in [7, 11) is 0. The zero-order valence-corrected chi connectivity index (χ0v) is 12.1. The van der Waals surface area contributed by atoms with Gasteiger partial charge in [0.05, 0.1) is 12.9 Å². The van der Waals surface area contributed by atoms with E-state index in [1.54, 1.807) is 17.0 Å². The summed E-state index contributed by atoms with van der Waals surface area (Å²) in [5.41, 5.74) is 1.10. The molecule has 5 heteroatoms. The van der Waals surface area contributed by atoms with E-state index in [0.717, 1.165) is 5.56 Å². The number of hydrogen-bond donors (Lipinski definition) is 0. The Balaban J connectivity index is 1.50. The van der Waals surface area contributed by atoms with E-state index in [1.807, 2.05) is 30.3 Å². The normalized spacial score (nSPS) is 17.7. The number of likely N-dealkylation sites (tertiary alicyclic amines) is 1. The molecule has 1 aliphatic heterocycles. The van der Waals surface area contributed by atoms with Crippen LogP contribution in [-0.4, -0.2) is 29.9 Å². The predicted octanol–water partition coefficient (Wildman–Crippen LogP) is 2.49. The van der Waals surface area contributed by atoms with Crippen LogP contribution in [0.5, 0.6) is 0 Å². The minimum Gasteiger partial charge on any atom is -0.459 e. The largest absolute Gasteiger partial charge is 0.459 e. The molecule has 0 radical (unpaired) electrons. The molecule has 1 fully saturated rings. The van der Waals surface area contributed by atoms with Crippen molar-refractivity contribution in [2.24, 2.45) is 5.92 Å². The summed E-state index contributed by atoms with van der Waals surface area (Å²) in [6.45, 7) is 1.44. The van der Waals surface area contributed by atoms with Crippen LogP contribution in [0.15, 0.2) is 53.1 Å². The summed E-state index contributed by atoms with van der Waals surface area (Å²) in [6.07, 6.45) is 1.84. The van der Waals surface area contributed by atoms with Crippen LogP contribution in [0.1, 0.15) is 22.5 Å². The van der Waals surface area contributed by atoms with Gasteiger partial charge in [0.15, 0.2) is 0 Å². The molecule has 0 aliphatic carbocycles. The molecule has 0 unspecified atom stereocenters. The van der Waals surface area contributed by atoms with Crippen molar-refractivity contribution >= 4 is 11.9 Å². The molecule has 1 aliphatic rings. The Morgan fingerprint density at radius 1 is 1.23 bits per heavy atom. The van der Waals surface area contributed by atoms with Crippen LogP contribution in [0.3, 0.4) is 0 Å². The molecular formula is C17H17NO4. The Morgan fingerprint density at radius 3 is 2.77 bits per heavy atom. The number of rotatable bonds is 5. The number of carbonyl (C=O) groups is 2. The van der Waals surface area contributed by atoms with Gasteiger partial charge < -0.3 is 14.1 Å². The molecule has 114 valence electrons. The van der Waals surface area contributed by atoms with Crippen LogP contribution in [-0.2, 0) is 16.1 Å². The van der Waals surface area contributed by atoms with Crippen molar-refractivity contribution in [2.75, 3.05) is 13.2 Å². The highest BCUT2D eigenvalue weighted by atomic mass is 16.5. The maximum absolute atomic E-state index is 12.0. The van der Waals surface area contributed by atoms with E-state index in [0.29, 0.717) is 19.5 Å². The highest BCUT2D eigenvalue weighted by Gasteiger charge is 2.30. The number of carbonyl (C=O) groups excluding carboxylic acids is 2. The van der Waals surface area contributed by atoms with Crippen molar-refractivity contribution in [1.82, 2.24) is 4.90 Å². The first-order valence-electron chi connectivity index (χ1n) is 7.24. The lowest BCUT2D eigenvalue weighted by atomic mass is 10.1. The molecule has 0 spiro atoms. The first kappa shape index (κ1) is 14.4. The first-order chi connectivity index (χ1) is 10.7. The number of esters is 1. The van der Waals surface area contributed by atoms with E-state index < -0.39 is 5.97 Å². The minimum absolute atomic E-state index is 0.0372. The van der Waals surface area contributed by atoms with Crippen molar-refractivity contribution < 1.29 is 18.7 Å². The first-order valence-corrected chi connectivity index (χ1v) is 7.24. The van der Waals surface area contributed by atoms with Crippen LogP contribution >= 0.6 is 0 Å². The number of nitrogens with zero attached hydrogens (tertiary/aromatic N) is 1. The molecule has 22 heavy (non-hydrogen) atoms. The molecule has 1 saturated heterocycles. The second kappa shape index (κ2) is 6.47. The average molecular weight is 299 g/mol. The summed E-state index contributed by atoms with van der Waals surface area (Å²) < 4.78 is 10.2. The van der Waals surface area contributed by atoms with Gasteiger partial charge in [-0.15, -0.1) is 0 Å². The van der Waals surface area contributed by atoms with Crippen molar-refractivity contribution in [3.05, 3.63) is 60.1 Å². The highest BCUT2D eigenvalue weighted by Crippen LogP contribution is 2.21. The van der Waals surface area contributed by atoms with Crippen LogP contribution in [0.25, 0.3) is 0 Å². The maximum Gasteiger partial charge on any atom is 0.374 e. The van der Waals surface area contributed by atoms with Crippen molar-refractivity contribution in [1.29, 1.82) is 0 Å². The second-order valence-electron chi connectivity index (χ2n) is 5.41. The van der Waals surface area contributed by atoms with Crippen LogP contribution in [0.2, 0.25) is 0 Å². The molecule has 0 bridgehead atoms. The molecule has 0 N–H and O–H groups in total. The van der Waals surface area contributed by atoms with Crippen LogP contribution in [0, 0.1) is 5.92 Å². The Morgan fingerprint density at radius 2 is 2.05 bits per heavy atom. The third-order valence-electron chi connectivity index (χ3n) is 3.68. The SMILES string of the molecule is O=C(OC[C@H]1CC(=O)N(Cc2ccccc2)C1)c1ccco1. The molecule has 1 amide bonds. The van der Waals surface area contributed by atoms with Gasteiger partial charge in [0.25, 0.3) is 0 Å². The number of furan rings is 1. The number of hydrogen-bond acceptors (Lipinski definition) is 4. The second-order valence-corrected chi connectivity index (χ2v) is 5.41. The topological polar surface area (TPSA) is 59.8 Å². The summed E-state index contributed by atoms with van der Waals surface area (Å²) in [4.78, 5) is 25.5. The van der Waals surface area contributed by atoms with Gasteiger partial charge in [-0.2, -0.15) is 0 Å². The van der Waals surface area contributed by atoms with Gasteiger partial charge in [-0.05, 0) is 17.7 Å². The van der Waals surface area contributed by atoms with Crippen molar-refractivity contribution in [2.45, 2.75) is 13.0 Å². The van der Waals surface area contributed by atoms with E-state index in [-0.39, 0.29) is 24.2 Å². The lowest BCUT2D eigenvalue weighted by Crippen LogP contribution is -2.25. The zero-order valence-electron chi connectivity index (χ0n) is 12.1. The molecule has 1 atom stereocenters. The Hall–Kier alpha value is -2.56. The maximum atomic E-state index is 12.0. The van der Waals surface area contributed by atoms with Gasteiger partial charge >= 0.3 is 5.97 Å². The van der Waals surface area contributed by atoms with E-state index >= 15 is 0 Å². The van der Waals surface area contributed by atoms with E-state index in [4.69, 9.17) is 9.15 Å². The summed E-state index contributed by atoms with van der Waals surface area (Å²) in [5, 5.41) is 0. The molecule has 0 saturated carbocycles. The van der Waals surface area contributed by atoms with Crippen LogP contribution < -0.4 is 0 Å². The lowest BCUT2D eigenvalue weighted by molar-refractivity contribution is -0.128. The molecular weight excluding hydrogens is 282 g/mol. The third-order valence-corrected chi connectivity index (χ3v) is 3.68. The van der Waals surface area contributed by atoms with Crippen molar-refractivity contribution in [3.8, 4) is 0 Å². The van der Waals surface area contributed by atoms with Gasteiger partial charge in [0.2, 0.25) is 11.7 Å². The summed E-state index contributed by atoms with van der Waals surface area (Å²) in [5.74, 6) is -0.164. The predicted molar refractivity (Wildman–Crippen MR) is 79.0 cm³/mol. The fraction of sp³-hybridized carbons (Fsp3) is 0.294. The lowest BCUT2D eigenvalue weighted by Gasteiger charge is -2.16. The Labute approximate surface area is 128 Å². The van der Waals surface area contributed by atoms with Gasteiger partial charge in [0, 0.05) is 25.4 Å². The quantitative estimate of drug-likeness (QED) is 0.796. The number of ether oxygens (including phenoxy) is 1. The molecule has 2 aromatic rings. The monoisotopic (exact) mass is 299 g/mol. The third kappa shape index (κ3) is 3.36. The molecule has 5 nitrogen and oxygen atoms in total. The highest BCUT2D eigenvalue weighted by molar-refractivity contribution is 5.86. The Bertz CT molecular complexity index is 636. The fourth-order valence-electron chi connectivity index (χ4n) is 2.58.